The van der Waals surface area contributed by atoms with Crippen molar-refractivity contribution in [2.24, 2.45) is 0 Å². The van der Waals surface area contributed by atoms with Crippen LogP contribution in [0.15, 0.2) is 72.9 Å². The van der Waals surface area contributed by atoms with Crippen molar-refractivity contribution >= 4 is 35.7 Å². The van der Waals surface area contributed by atoms with Crippen molar-refractivity contribution < 1.29 is 28.8 Å². The van der Waals surface area contributed by atoms with Crippen molar-refractivity contribution in [3.8, 4) is 0 Å². The first-order valence-electron chi connectivity index (χ1n) is 47.1. The summed E-state index contributed by atoms with van der Waals surface area (Å²) in [6.07, 6.45) is 101. The lowest BCUT2D eigenvalue weighted by atomic mass is 10.0. The average molecular weight is 1500 g/mol. The molecule has 1 aromatic rings. The van der Waals surface area contributed by atoms with Gasteiger partial charge in [-0.2, -0.15) is 0 Å². The standard InChI is InChI=1S/C98H174N4O6/c1-5-9-13-17-21-25-29-33-37-41-45-49-53-57-61-65-69-73-77-85-93(103)101(94(104)86-78-74-70-66-62-58-54-50-46-42-38-34-30-26-22-18-14-10-6-2)97(107)99-89-91-83-81-82-84-92(91)90-100-98(108)102(95(105)87-79-75-71-67-63-59-55-51-47-43-39-35-31-27-23-19-15-11-7-3)96(106)88-80-76-72-68-64-60-56-52-48-44-40-36-32-28-24-20-16-12-8-4/h33-40,81-84H,5-32,41-80,85-90H2,1-4H3,(H,99,107)(H,100,108)/b37-33-,38-34-,39-35-,40-36-. The largest absolute Gasteiger partial charge is 0.333 e. The van der Waals surface area contributed by atoms with Gasteiger partial charge < -0.3 is 10.6 Å². The number of carbonyl (C=O) groups is 6. The van der Waals surface area contributed by atoms with Crippen molar-refractivity contribution in [2.75, 3.05) is 0 Å². The quantitative estimate of drug-likeness (QED) is 0.0493. The molecule has 0 atom stereocenters. The molecule has 0 saturated heterocycles. The van der Waals surface area contributed by atoms with Crippen molar-refractivity contribution in [2.45, 2.75) is 503 Å². The van der Waals surface area contributed by atoms with E-state index in [1.807, 2.05) is 24.3 Å². The number of amides is 8. The Kier molecular flexibility index (Phi) is 76.9. The zero-order chi connectivity index (χ0) is 78.0. The predicted octanol–water partition coefficient (Wildman–Crippen LogP) is 31.2. The maximum atomic E-state index is 14.2. The number of nitrogens with zero attached hydrogens (tertiary/aromatic N) is 2. The lowest BCUT2D eigenvalue weighted by Crippen LogP contribution is -2.47. The Labute approximate surface area is 668 Å². The summed E-state index contributed by atoms with van der Waals surface area (Å²) in [5, 5.41) is 5.82. The molecule has 108 heavy (non-hydrogen) atoms. The molecule has 0 heterocycles. The number of urea groups is 2. The van der Waals surface area contributed by atoms with Crippen molar-refractivity contribution in [3.63, 3.8) is 0 Å². The van der Waals surface area contributed by atoms with Gasteiger partial charge >= 0.3 is 12.1 Å². The minimum absolute atomic E-state index is 0.0173. The molecule has 1 rings (SSSR count). The number of nitrogens with one attached hydrogen (secondary N) is 2. The fourth-order valence-electron chi connectivity index (χ4n) is 14.8. The molecule has 0 aliphatic heterocycles. The smallest absolute Gasteiger partial charge is 0.331 e. The van der Waals surface area contributed by atoms with E-state index in [9.17, 15) is 28.8 Å². The zero-order valence-electron chi connectivity index (χ0n) is 71.6. The van der Waals surface area contributed by atoms with E-state index < -0.39 is 35.7 Å². The van der Waals surface area contributed by atoms with Gasteiger partial charge in [0, 0.05) is 38.8 Å². The number of carbonyl (C=O) groups excluding carboxylic acids is 6. The summed E-state index contributed by atoms with van der Waals surface area (Å²) in [6.45, 7) is 9.12. The summed E-state index contributed by atoms with van der Waals surface area (Å²) in [5.74, 6) is -1.84. The van der Waals surface area contributed by atoms with E-state index in [1.165, 1.54) is 334 Å². The van der Waals surface area contributed by atoms with Gasteiger partial charge in [-0.1, -0.05) is 409 Å². The van der Waals surface area contributed by atoms with Crippen LogP contribution in [-0.2, 0) is 32.3 Å². The van der Waals surface area contributed by atoms with Crippen LogP contribution in [0.5, 0.6) is 0 Å². The number of imide groups is 6. The van der Waals surface area contributed by atoms with Gasteiger partial charge in [-0.05, 0) is 140 Å². The predicted molar refractivity (Wildman–Crippen MR) is 466 cm³/mol. The maximum absolute atomic E-state index is 14.2. The number of benzene rings is 1. The van der Waals surface area contributed by atoms with Gasteiger partial charge in [-0.3, -0.25) is 19.2 Å². The highest BCUT2D eigenvalue weighted by atomic mass is 16.2. The molecule has 0 aliphatic rings. The van der Waals surface area contributed by atoms with Crippen molar-refractivity contribution in [1.82, 2.24) is 20.4 Å². The van der Waals surface area contributed by atoms with Crippen LogP contribution in [0.4, 0.5) is 9.59 Å². The van der Waals surface area contributed by atoms with E-state index in [2.05, 4.69) is 86.9 Å². The van der Waals surface area contributed by atoms with Crippen LogP contribution >= 0.6 is 0 Å². The number of rotatable bonds is 80. The summed E-state index contributed by atoms with van der Waals surface area (Å²) in [7, 11) is 0. The van der Waals surface area contributed by atoms with Crippen molar-refractivity contribution in [1.29, 1.82) is 0 Å². The molecule has 0 radical (unpaired) electrons. The highest BCUT2D eigenvalue weighted by molar-refractivity contribution is 6.11. The number of allylic oxidation sites excluding steroid dienone is 8. The first kappa shape index (κ1) is 101. The summed E-state index contributed by atoms with van der Waals surface area (Å²) >= 11 is 0. The highest BCUT2D eigenvalue weighted by Crippen LogP contribution is 2.21. The third kappa shape index (κ3) is 66.0. The lowest BCUT2D eigenvalue weighted by Gasteiger charge is -2.21. The Morgan fingerprint density at radius 1 is 0.222 bits per heavy atom. The Hall–Kier alpha value is -4.60. The molecule has 10 heteroatoms. The van der Waals surface area contributed by atoms with Crippen molar-refractivity contribution in [3.05, 3.63) is 84.0 Å². The van der Waals surface area contributed by atoms with Gasteiger partial charge in [0.1, 0.15) is 0 Å². The minimum Gasteiger partial charge on any atom is -0.333 e. The summed E-state index contributed by atoms with van der Waals surface area (Å²) in [5.41, 5.74) is 1.39. The van der Waals surface area contributed by atoms with Crippen LogP contribution in [0.1, 0.15) is 501 Å². The molecule has 8 amide bonds. The third-order valence-electron chi connectivity index (χ3n) is 22.0. The normalized spacial score (nSPS) is 11.7. The molecule has 0 fully saturated rings. The van der Waals surface area contributed by atoms with Crippen LogP contribution in [0.2, 0.25) is 0 Å². The molecular weight excluding hydrogens is 1330 g/mol. The molecule has 622 valence electrons. The summed E-state index contributed by atoms with van der Waals surface area (Å²) in [4.78, 5) is 86.1. The van der Waals surface area contributed by atoms with Crippen LogP contribution in [0.3, 0.4) is 0 Å². The molecule has 0 aromatic heterocycles. The molecule has 0 saturated carbocycles. The Morgan fingerprint density at radius 2 is 0.370 bits per heavy atom. The van der Waals surface area contributed by atoms with Crippen LogP contribution in [0.25, 0.3) is 0 Å². The van der Waals surface area contributed by atoms with Crippen LogP contribution < -0.4 is 10.6 Å². The lowest BCUT2D eigenvalue weighted by molar-refractivity contribution is -0.142. The highest BCUT2D eigenvalue weighted by Gasteiger charge is 2.30. The van der Waals surface area contributed by atoms with Gasteiger partial charge in [0.25, 0.3) is 0 Å². The molecule has 1 aromatic carbocycles. The van der Waals surface area contributed by atoms with Gasteiger partial charge in [0.15, 0.2) is 0 Å². The molecule has 0 unspecified atom stereocenters. The van der Waals surface area contributed by atoms with Gasteiger partial charge in [0.2, 0.25) is 23.6 Å². The summed E-state index contributed by atoms with van der Waals surface area (Å²) in [6, 6.07) is 5.95. The second-order valence-electron chi connectivity index (χ2n) is 32.3. The van der Waals surface area contributed by atoms with E-state index in [0.717, 1.165) is 86.8 Å². The number of unbranched alkanes of at least 4 members (excludes halogenated alkanes) is 60. The second kappa shape index (κ2) is 81.9. The second-order valence-corrected chi connectivity index (χ2v) is 32.3. The van der Waals surface area contributed by atoms with E-state index in [1.54, 1.807) is 0 Å². The Bertz CT molecular complexity index is 2060. The Morgan fingerprint density at radius 3 is 0.537 bits per heavy atom. The molecule has 0 spiro atoms. The molecular formula is C98H174N4O6. The van der Waals surface area contributed by atoms with E-state index in [0.29, 0.717) is 36.8 Å². The zero-order valence-corrected chi connectivity index (χ0v) is 71.6. The SMILES string of the molecule is CCCCCCCC/C=C\CCCCCCCCCCCC(=O)N(C(=O)CCCCCCCCCCC/C=C\CCCCCCCC)C(=O)NCc1ccccc1CNC(=O)N(C(=O)CCCCCCCCCCC/C=C\CCCCCCCC)C(=O)CCCCCCCCCCC/C=C\CCCCCCCC. The first-order chi connectivity index (χ1) is 53.2. The van der Waals surface area contributed by atoms with Crippen LogP contribution in [0, 0.1) is 0 Å². The minimum atomic E-state index is -0.729. The topological polar surface area (TPSA) is 133 Å². The van der Waals surface area contributed by atoms with Gasteiger partial charge in [-0.15, -0.1) is 0 Å². The molecule has 0 aliphatic carbocycles. The number of hydrogen-bond acceptors (Lipinski definition) is 6. The van der Waals surface area contributed by atoms with E-state index in [4.69, 9.17) is 0 Å². The molecule has 2 N–H and O–H groups in total. The molecule has 10 nitrogen and oxygen atoms in total. The first-order valence-corrected chi connectivity index (χ1v) is 47.1. The average Bonchev–Trinajstić information content (AvgIpc) is 0.853. The number of hydrogen-bond donors (Lipinski definition) is 2. The third-order valence-corrected chi connectivity index (χ3v) is 22.0. The fourth-order valence-corrected chi connectivity index (χ4v) is 14.8. The monoisotopic (exact) mass is 1500 g/mol. The van der Waals surface area contributed by atoms with Gasteiger partial charge in [0.05, 0.1) is 0 Å². The summed E-state index contributed by atoms with van der Waals surface area (Å²) < 4.78 is 0. The van der Waals surface area contributed by atoms with E-state index in [-0.39, 0.29) is 38.8 Å². The maximum Gasteiger partial charge on any atom is 0.331 e. The van der Waals surface area contributed by atoms with Crippen LogP contribution in [-0.4, -0.2) is 45.5 Å². The van der Waals surface area contributed by atoms with Gasteiger partial charge in [-0.25, -0.2) is 19.4 Å². The fraction of sp³-hybridized carbons (Fsp3) is 0.796. The van der Waals surface area contributed by atoms with E-state index >= 15 is 0 Å². The molecule has 0 bridgehead atoms. The Balaban J connectivity index is 2.90.